The largest absolute Gasteiger partial charge is 0.472 e. The van der Waals surface area contributed by atoms with E-state index in [4.69, 9.17) is 24.3 Å². The molecule has 0 aliphatic heterocycles. The van der Waals surface area contributed by atoms with E-state index in [-0.39, 0.29) is 38.6 Å². The molecule has 2 unspecified atom stereocenters. The van der Waals surface area contributed by atoms with Gasteiger partial charge in [0.1, 0.15) is 6.61 Å². The topological polar surface area (TPSA) is 134 Å². The van der Waals surface area contributed by atoms with E-state index in [9.17, 15) is 19.0 Å². The number of carbonyl (C=O) groups excluding carboxylic acids is 2. The molecule has 0 aromatic rings. The van der Waals surface area contributed by atoms with Crippen LogP contribution in [0.2, 0.25) is 0 Å². The molecule has 9 nitrogen and oxygen atoms in total. The van der Waals surface area contributed by atoms with E-state index >= 15 is 0 Å². The molecule has 0 radical (unpaired) electrons. The van der Waals surface area contributed by atoms with E-state index in [0.717, 1.165) is 51.4 Å². The van der Waals surface area contributed by atoms with Crippen LogP contribution in [0.4, 0.5) is 0 Å². The summed E-state index contributed by atoms with van der Waals surface area (Å²) in [5.74, 6) is -0.812. The predicted molar refractivity (Wildman–Crippen MR) is 349 cm³/mol. The summed E-state index contributed by atoms with van der Waals surface area (Å²) in [6.07, 6.45) is 85.0. The molecule has 0 aliphatic rings. The predicted octanol–water partition coefficient (Wildman–Crippen LogP) is 22.9. The van der Waals surface area contributed by atoms with Gasteiger partial charge in [-0.1, -0.05) is 319 Å². The van der Waals surface area contributed by atoms with Crippen LogP contribution in [0.5, 0.6) is 0 Å². The van der Waals surface area contributed by atoms with Crippen LogP contribution in [0.3, 0.4) is 0 Å². The van der Waals surface area contributed by atoms with E-state index in [1.807, 2.05) is 0 Å². The maximum absolute atomic E-state index is 12.8. The van der Waals surface area contributed by atoms with Gasteiger partial charge in [0.05, 0.1) is 13.2 Å². The Morgan fingerprint density at radius 3 is 0.963 bits per heavy atom. The molecule has 0 aromatic carbocycles. The van der Waals surface area contributed by atoms with Gasteiger partial charge in [0.2, 0.25) is 0 Å². The highest BCUT2D eigenvalue weighted by Gasteiger charge is 2.26. The number of rotatable bonds is 67. The Morgan fingerprint density at radius 2 is 0.642 bits per heavy atom. The van der Waals surface area contributed by atoms with Crippen LogP contribution in [0.15, 0.2) is 48.6 Å². The normalized spacial score (nSPS) is 13.2. The van der Waals surface area contributed by atoms with Crippen molar-refractivity contribution in [1.82, 2.24) is 0 Å². The standard InChI is InChI=1S/C71H134NO8P/c1-3-5-7-9-11-13-15-17-19-21-23-25-27-29-31-32-33-34-35-36-38-39-41-43-45-47-49-51-53-55-57-59-61-63-70(73)77-67-69(68-79-81(75,76)78-66-65-72)80-71(74)64-62-60-58-56-54-52-50-48-46-44-42-40-37-30-28-26-24-22-20-18-16-14-12-10-8-6-4-2/h16,18,21-24,28,30,69H,3-15,17,19-20,25-27,29,31-68,72H2,1-2H3,(H,75,76)/b18-16-,23-21-,24-22-,30-28-. The number of esters is 2. The van der Waals surface area contributed by atoms with Crippen LogP contribution in [-0.2, 0) is 32.7 Å². The first kappa shape index (κ1) is 79.0. The minimum atomic E-state index is -4.39. The Morgan fingerprint density at radius 1 is 0.370 bits per heavy atom. The van der Waals surface area contributed by atoms with Gasteiger partial charge in [-0.05, 0) is 77.0 Å². The minimum absolute atomic E-state index is 0.0540. The van der Waals surface area contributed by atoms with Crippen molar-refractivity contribution in [2.75, 3.05) is 26.4 Å². The molecule has 81 heavy (non-hydrogen) atoms. The summed E-state index contributed by atoms with van der Waals surface area (Å²) in [6, 6.07) is 0. The Labute approximate surface area is 502 Å². The van der Waals surface area contributed by atoms with Crippen molar-refractivity contribution in [3.63, 3.8) is 0 Å². The van der Waals surface area contributed by atoms with Gasteiger partial charge in [0, 0.05) is 19.4 Å². The molecule has 0 amide bonds. The summed E-state index contributed by atoms with van der Waals surface area (Å²) in [5.41, 5.74) is 5.40. The molecule has 0 saturated heterocycles. The first-order valence-corrected chi connectivity index (χ1v) is 36.6. The number of phosphoric ester groups is 1. The zero-order chi connectivity index (χ0) is 58.7. The van der Waals surface area contributed by atoms with Gasteiger partial charge in [-0.25, -0.2) is 4.57 Å². The molecule has 0 bridgehead atoms. The first-order valence-electron chi connectivity index (χ1n) is 35.1. The van der Waals surface area contributed by atoms with Crippen LogP contribution < -0.4 is 5.73 Å². The molecule has 0 aromatic heterocycles. The maximum atomic E-state index is 12.8. The molecule has 0 aliphatic carbocycles. The molecule has 0 heterocycles. The van der Waals surface area contributed by atoms with E-state index < -0.39 is 26.5 Å². The molecule has 476 valence electrons. The molecule has 0 saturated carbocycles. The zero-order valence-electron chi connectivity index (χ0n) is 53.5. The van der Waals surface area contributed by atoms with Crippen molar-refractivity contribution in [2.24, 2.45) is 5.73 Å². The summed E-state index contributed by atoms with van der Waals surface area (Å²) in [5, 5.41) is 0. The monoisotopic (exact) mass is 1160 g/mol. The van der Waals surface area contributed by atoms with Crippen molar-refractivity contribution in [1.29, 1.82) is 0 Å². The fourth-order valence-corrected chi connectivity index (χ4v) is 11.2. The maximum Gasteiger partial charge on any atom is 0.472 e. The Bertz CT molecular complexity index is 1470. The van der Waals surface area contributed by atoms with Gasteiger partial charge >= 0.3 is 19.8 Å². The van der Waals surface area contributed by atoms with Crippen molar-refractivity contribution >= 4 is 19.8 Å². The minimum Gasteiger partial charge on any atom is -0.462 e. The number of ether oxygens (including phenoxy) is 2. The number of hydrogen-bond donors (Lipinski definition) is 2. The number of hydrogen-bond acceptors (Lipinski definition) is 8. The molecular weight excluding hydrogens is 1030 g/mol. The second kappa shape index (κ2) is 67.1. The number of unbranched alkanes of at least 4 members (excludes halogenated alkanes) is 46. The fraction of sp³-hybridized carbons (Fsp3) is 0.859. The lowest BCUT2D eigenvalue weighted by Gasteiger charge is -2.19. The summed E-state index contributed by atoms with van der Waals surface area (Å²) in [7, 11) is -4.39. The third-order valence-corrected chi connectivity index (χ3v) is 16.7. The van der Waals surface area contributed by atoms with Crippen molar-refractivity contribution in [3.05, 3.63) is 48.6 Å². The van der Waals surface area contributed by atoms with Gasteiger partial charge < -0.3 is 20.1 Å². The van der Waals surface area contributed by atoms with Crippen molar-refractivity contribution in [3.8, 4) is 0 Å². The lowest BCUT2D eigenvalue weighted by atomic mass is 10.0. The van der Waals surface area contributed by atoms with Crippen LogP contribution in [0.1, 0.15) is 361 Å². The number of phosphoric acid groups is 1. The third-order valence-electron chi connectivity index (χ3n) is 15.7. The number of nitrogens with two attached hydrogens (primary N) is 1. The molecule has 0 spiro atoms. The second-order valence-electron chi connectivity index (χ2n) is 23.7. The molecule has 0 fully saturated rings. The highest BCUT2D eigenvalue weighted by Crippen LogP contribution is 2.43. The van der Waals surface area contributed by atoms with Crippen molar-refractivity contribution in [2.45, 2.75) is 367 Å². The van der Waals surface area contributed by atoms with Gasteiger partial charge in [-0.2, -0.15) is 0 Å². The second-order valence-corrected chi connectivity index (χ2v) is 25.2. The highest BCUT2D eigenvalue weighted by atomic mass is 31.2. The first-order chi connectivity index (χ1) is 39.8. The molecule has 10 heteroatoms. The Kier molecular flexibility index (Phi) is 65.4. The zero-order valence-corrected chi connectivity index (χ0v) is 54.4. The quantitative estimate of drug-likeness (QED) is 0.0264. The van der Waals surface area contributed by atoms with Gasteiger partial charge in [-0.15, -0.1) is 0 Å². The van der Waals surface area contributed by atoms with Crippen LogP contribution in [0.25, 0.3) is 0 Å². The average Bonchev–Trinajstić information content (AvgIpc) is 3.46. The van der Waals surface area contributed by atoms with E-state index in [1.54, 1.807) is 0 Å². The fourth-order valence-electron chi connectivity index (χ4n) is 10.5. The third kappa shape index (κ3) is 67.0. The lowest BCUT2D eigenvalue weighted by molar-refractivity contribution is -0.161. The number of carbonyl (C=O) groups is 2. The van der Waals surface area contributed by atoms with Crippen LogP contribution in [-0.4, -0.2) is 49.3 Å². The molecule has 2 atom stereocenters. The highest BCUT2D eigenvalue weighted by molar-refractivity contribution is 7.47. The summed E-state index contributed by atoms with van der Waals surface area (Å²) < 4.78 is 33.2. The van der Waals surface area contributed by atoms with Gasteiger partial charge in [-0.3, -0.25) is 18.6 Å². The van der Waals surface area contributed by atoms with Crippen LogP contribution >= 0.6 is 7.82 Å². The average molecular weight is 1160 g/mol. The van der Waals surface area contributed by atoms with E-state index in [0.29, 0.717) is 6.42 Å². The molecular formula is C71H134NO8P. The van der Waals surface area contributed by atoms with Crippen LogP contribution in [0, 0.1) is 0 Å². The number of allylic oxidation sites excluding steroid dienone is 8. The summed E-state index contributed by atoms with van der Waals surface area (Å²) in [6.45, 7) is 3.79. The van der Waals surface area contributed by atoms with Gasteiger partial charge in [0.25, 0.3) is 0 Å². The SMILES string of the molecule is CCCCCCC/C=C\C/C=C\C/C=C\CCCCCCCCCCCCCCC(=O)OC(COC(=O)CCCCCCCCCCCCCCCCCCCCCCC/C=C\CCCCCCCCCC)COP(=O)(O)OCCN. The summed E-state index contributed by atoms with van der Waals surface area (Å²) >= 11 is 0. The lowest BCUT2D eigenvalue weighted by Crippen LogP contribution is -2.29. The smallest absolute Gasteiger partial charge is 0.462 e. The summed E-state index contributed by atoms with van der Waals surface area (Å²) in [4.78, 5) is 35.3. The molecule has 3 N–H and O–H groups in total. The Balaban J connectivity index is 3.83. The molecule has 0 rings (SSSR count). The van der Waals surface area contributed by atoms with E-state index in [2.05, 4.69) is 62.5 Å². The van der Waals surface area contributed by atoms with Crippen molar-refractivity contribution < 1.29 is 37.6 Å². The Hall–Kier alpha value is -2.03. The van der Waals surface area contributed by atoms with E-state index in [1.165, 1.54) is 276 Å². The van der Waals surface area contributed by atoms with Gasteiger partial charge in [0.15, 0.2) is 6.10 Å².